The van der Waals surface area contributed by atoms with E-state index in [0.717, 1.165) is 61.1 Å². The number of nitrogens with one attached hydrogen (secondary N) is 1. The molecule has 3 aromatic rings. The minimum atomic E-state index is -1.26. The number of aryl methyl sites for hydroxylation is 1. The summed E-state index contributed by atoms with van der Waals surface area (Å²) < 4.78 is 7.89. The molecule has 4 heterocycles. The van der Waals surface area contributed by atoms with Crippen LogP contribution in [0.5, 0.6) is 0 Å². The highest BCUT2D eigenvalue weighted by molar-refractivity contribution is 5.89. The molecule has 180 valence electrons. The summed E-state index contributed by atoms with van der Waals surface area (Å²) in [5.41, 5.74) is 1.79. The van der Waals surface area contributed by atoms with Crippen LogP contribution in [0.25, 0.3) is 11.2 Å². The molecule has 3 N–H and O–H groups in total. The summed E-state index contributed by atoms with van der Waals surface area (Å²) in [6.07, 6.45) is 7.11. The Balaban J connectivity index is 0.000000350. The fourth-order valence-electron chi connectivity index (χ4n) is 3.71. The summed E-state index contributed by atoms with van der Waals surface area (Å²) in [5, 5.41) is 19.3. The van der Waals surface area contributed by atoms with Crippen molar-refractivity contribution in [2.45, 2.75) is 32.4 Å². The van der Waals surface area contributed by atoms with E-state index in [2.05, 4.69) is 26.3 Å². The van der Waals surface area contributed by atoms with Gasteiger partial charge in [-0.3, -0.25) is 9.47 Å². The fraction of sp³-hybridized carbons (Fsp3) is 0.333. The second-order valence-corrected chi connectivity index (χ2v) is 7.90. The summed E-state index contributed by atoms with van der Waals surface area (Å²) in [4.78, 5) is 30.9. The standard InChI is InChI=1S/C20H25N5O.C4H4O4/c1-3-11-24-12-8-16(9-13-24)22-20-23-18-5-4-10-21-19(18)25(20)14-17-7-6-15(2)26-17;5-3(6)1-2-4(7)8/h3-7,10,16H,1,8-9,11-14H2,2H3,(H,22,23);1-2H,(H,5,6)(H,7,8)/b;2-1+. The highest BCUT2D eigenvalue weighted by Gasteiger charge is 2.21. The van der Waals surface area contributed by atoms with Crippen LogP contribution < -0.4 is 5.32 Å². The number of anilines is 1. The number of nitrogens with zero attached hydrogens (tertiary/aromatic N) is 4. The summed E-state index contributed by atoms with van der Waals surface area (Å²) >= 11 is 0. The van der Waals surface area contributed by atoms with Gasteiger partial charge >= 0.3 is 11.9 Å². The van der Waals surface area contributed by atoms with Gasteiger partial charge in [0.25, 0.3) is 0 Å². The van der Waals surface area contributed by atoms with Crippen LogP contribution in [-0.4, -0.2) is 67.3 Å². The number of pyridine rings is 1. The molecule has 10 heteroatoms. The molecule has 4 rings (SSSR count). The van der Waals surface area contributed by atoms with Gasteiger partial charge in [-0.15, -0.1) is 6.58 Å². The molecule has 0 bridgehead atoms. The highest BCUT2D eigenvalue weighted by atomic mass is 16.4. The normalized spacial score (nSPS) is 14.6. The Hall–Kier alpha value is -3.92. The van der Waals surface area contributed by atoms with Crippen LogP contribution in [0.15, 0.2) is 59.7 Å². The number of likely N-dealkylation sites (tertiary alicyclic amines) is 1. The van der Waals surface area contributed by atoms with Gasteiger partial charge in [0.2, 0.25) is 5.95 Å². The molecule has 0 amide bonds. The van der Waals surface area contributed by atoms with E-state index in [9.17, 15) is 9.59 Å². The number of piperidine rings is 1. The molecule has 0 saturated carbocycles. The van der Waals surface area contributed by atoms with Crippen molar-refractivity contribution < 1.29 is 24.2 Å². The van der Waals surface area contributed by atoms with Crippen molar-refractivity contribution in [3.63, 3.8) is 0 Å². The Kier molecular flexibility index (Phi) is 8.58. The van der Waals surface area contributed by atoms with Crippen molar-refractivity contribution in [3.8, 4) is 0 Å². The van der Waals surface area contributed by atoms with Gasteiger partial charge in [0.15, 0.2) is 5.65 Å². The molecule has 0 radical (unpaired) electrons. The zero-order valence-corrected chi connectivity index (χ0v) is 19.1. The van der Waals surface area contributed by atoms with E-state index >= 15 is 0 Å². The summed E-state index contributed by atoms with van der Waals surface area (Å²) in [7, 11) is 0. The number of carboxylic acid groups (broad SMARTS) is 2. The zero-order chi connectivity index (χ0) is 24.5. The van der Waals surface area contributed by atoms with Crippen LogP contribution in [0.2, 0.25) is 0 Å². The number of aliphatic carboxylic acids is 2. The maximum Gasteiger partial charge on any atom is 0.328 e. The van der Waals surface area contributed by atoms with Crippen molar-refractivity contribution in [1.29, 1.82) is 0 Å². The number of rotatable bonds is 8. The number of furan rings is 1. The average Bonchev–Trinajstić information content (AvgIpc) is 3.37. The van der Waals surface area contributed by atoms with Crippen molar-refractivity contribution in [1.82, 2.24) is 19.4 Å². The summed E-state index contributed by atoms with van der Waals surface area (Å²) in [5.74, 6) is 0.188. The maximum absolute atomic E-state index is 9.55. The molecular weight excluding hydrogens is 438 g/mol. The lowest BCUT2D eigenvalue weighted by Gasteiger charge is -2.31. The van der Waals surface area contributed by atoms with Gasteiger partial charge < -0.3 is 19.9 Å². The first kappa shape index (κ1) is 24.7. The third kappa shape index (κ3) is 7.04. The highest BCUT2D eigenvalue weighted by Crippen LogP contribution is 2.23. The molecule has 1 aliphatic heterocycles. The van der Waals surface area contributed by atoms with E-state index in [1.165, 1.54) is 0 Å². The largest absolute Gasteiger partial charge is 0.478 e. The third-order valence-corrected chi connectivity index (χ3v) is 5.29. The Labute approximate surface area is 197 Å². The Morgan fingerprint density at radius 1 is 1.21 bits per heavy atom. The first-order valence-corrected chi connectivity index (χ1v) is 11.0. The topological polar surface area (TPSA) is 134 Å². The number of aromatic nitrogens is 3. The molecule has 10 nitrogen and oxygen atoms in total. The van der Waals surface area contributed by atoms with E-state index in [-0.39, 0.29) is 0 Å². The number of carboxylic acids is 2. The zero-order valence-electron chi connectivity index (χ0n) is 19.1. The molecule has 0 unspecified atom stereocenters. The molecule has 0 aromatic carbocycles. The molecule has 34 heavy (non-hydrogen) atoms. The number of fused-ring (bicyclic) bond motifs is 1. The Morgan fingerprint density at radius 3 is 2.50 bits per heavy atom. The smallest absolute Gasteiger partial charge is 0.328 e. The van der Waals surface area contributed by atoms with Gasteiger partial charge in [-0.1, -0.05) is 6.08 Å². The maximum atomic E-state index is 9.55. The monoisotopic (exact) mass is 467 g/mol. The van der Waals surface area contributed by atoms with E-state index in [4.69, 9.17) is 19.6 Å². The Bertz CT molecular complexity index is 1140. The fourth-order valence-corrected chi connectivity index (χ4v) is 3.71. The van der Waals surface area contributed by atoms with Crippen LogP contribution >= 0.6 is 0 Å². The number of imidazole rings is 1. The second-order valence-electron chi connectivity index (χ2n) is 7.90. The first-order chi connectivity index (χ1) is 16.4. The van der Waals surface area contributed by atoms with Crippen molar-refractivity contribution in [3.05, 3.63) is 66.8 Å². The lowest BCUT2D eigenvalue weighted by atomic mass is 10.1. The number of hydrogen-bond acceptors (Lipinski definition) is 7. The molecule has 0 aliphatic carbocycles. The van der Waals surface area contributed by atoms with Crippen LogP contribution in [0, 0.1) is 6.92 Å². The van der Waals surface area contributed by atoms with Gasteiger partial charge in [-0.05, 0) is 44.0 Å². The van der Waals surface area contributed by atoms with Gasteiger partial charge in [0.1, 0.15) is 17.0 Å². The lowest BCUT2D eigenvalue weighted by Crippen LogP contribution is -2.39. The van der Waals surface area contributed by atoms with Gasteiger partial charge in [-0.25, -0.2) is 19.6 Å². The minimum absolute atomic E-state index is 0.421. The third-order valence-electron chi connectivity index (χ3n) is 5.29. The van der Waals surface area contributed by atoms with E-state index in [1.807, 2.05) is 43.5 Å². The molecule has 1 saturated heterocycles. The lowest BCUT2D eigenvalue weighted by molar-refractivity contribution is -0.134. The van der Waals surface area contributed by atoms with Gasteiger partial charge in [0, 0.05) is 44.0 Å². The number of hydrogen-bond donors (Lipinski definition) is 3. The quantitative estimate of drug-likeness (QED) is 0.337. The van der Waals surface area contributed by atoms with Gasteiger partial charge in [-0.2, -0.15) is 0 Å². The van der Waals surface area contributed by atoms with E-state index in [1.54, 1.807) is 0 Å². The summed E-state index contributed by atoms with van der Waals surface area (Å²) in [6, 6.07) is 8.36. The molecule has 3 aromatic heterocycles. The van der Waals surface area contributed by atoms with Crippen LogP contribution in [0.3, 0.4) is 0 Å². The second kappa shape index (κ2) is 11.8. The summed E-state index contributed by atoms with van der Waals surface area (Å²) in [6.45, 7) is 9.55. The van der Waals surface area contributed by atoms with Crippen LogP contribution in [-0.2, 0) is 16.1 Å². The predicted molar refractivity (Wildman–Crippen MR) is 128 cm³/mol. The SMILES string of the molecule is C=CCN1CCC(Nc2nc3cccnc3n2Cc2ccc(C)o2)CC1.O=C(O)/C=C/C(=O)O. The van der Waals surface area contributed by atoms with Crippen molar-refractivity contribution >= 4 is 29.1 Å². The van der Waals surface area contributed by atoms with Crippen molar-refractivity contribution in [2.24, 2.45) is 0 Å². The molecule has 0 atom stereocenters. The van der Waals surface area contributed by atoms with E-state index in [0.29, 0.717) is 24.7 Å². The van der Waals surface area contributed by atoms with Crippen LogP contribution in [0.4, 0.5) is 5.95 Å². The molecule has 0 spiro atoms. The average molecular weight is 468 g/mol. The predicted octanol–water partition coefficient (Wildman–Crippen LogP) is 3.16. The first-order valence-electron chi connectivity index (χ1n) is 11.0. The minimum Gasteiger partial charge on any atom is -0.478 e. The van der Waals surface area contributed by atoms with Gasteiger partial charge in [0.05, 0.1) is 6.54 Å². The molecule has 1 aliphatic rings. The van der Waals surface area contributed by atoms with Crippen molar-refractivity contribution in [2.75, 3.05) is 25.0 Å². The van der Waals surface area contributed by atoms with Crippen LogP contribution in [0.1, 0.15) is 24.4 Å². The number of carbonyl (C=O) groups is 2. The Morgan fingerprint density at radius 2 is 1.91 bits per heavy atom. The van der Waals surface area contributed by atoms with E-state index < -0.39 is 11.9 Å². The molecule has 1 fully saturated rings. The molecular formula is C24H29N5O5.